The summed E-state index contributed by atoms with van der Waals surface area (Å²) >= 11 is 0. The Hall–Kier alpha value is -1.62. The Bertz CT molecular complexity index is 642. The summed E-state index contributed by atoms with van der Waals surface area (Å²) in [4.78, 5) is 24.1. The van der Waals surface area contributed by atoms with E-state index < -0.39 is 6.10 Å². The number of hydrogen-bond donors (Lipinski definition) is 1. The van der Waals surface area contributed by atoms with Crippen LogP contribution in [0.15, 0.2) is 24.3 Å². The summed E-state index contributed by atoms with van der Waals surface area (Å²) in [6, 6.07) is 0. The van der Waals surface area contributed by atoms with Gasteiger partial charge in [-0.25, -0.2) is 0 Å². The van der Waals surface area contributed by atoms with Gasteiger partial charge in [0.15, 0.2) is 6.10 Å². The van der Waals surface area contributed by atoms with Gasteiger partial charge in [-0.1, -0.05) is 147 Å². The fraction of sp³-hybridized carbons (Fsp3) is 0.838. The standard InChI is InChI=1S/C37H68O5/c1-3-5-7-9-11-13-15-17-18-20-21-23-25-27-29-31-36(39)41-34-35(33-38)42-37(40)32-30-28-26-24-22-19-16-14-12-10-8-6-4-2/h11,13,17-18,35,38H,3-10,12,14-16,19-34H2,1-2H3/b13-11-,18-17-/t35-/m0/s1. The van der Waals surface area contributed by atoms with Gasteiger partial charge in [0.1, 0.15) is 6.61 Å². The molecule has 0 aliphatic carbocycles. The van der Waals surface area contributed by atoms with E-state index in [0.29, 0.717) is 12.8 Å². The molecule has 0 bridgehead atoms. The van der Waals surface area contributed by atoms with Crippen LogP contribution >= 0.6 is 0 Å². The molecule has 5 heteroatoms. The normalized spacial score (nSPS) is 12.4. The lowest BCUT2D eigenvalue weighted by atomic mass is 10.0. The first-order valence-corrected chi connectivity index (χ1v) is 17.9. The molecule has 0 aromatic heterocycles. The van der Waals surface area contributed by atoms with Gasteiger partial charge in [0.2, 0.25) is 0 Å². The third kappa shape index (κ3) is 31.3. The molecule has 1 atom stereocenters. The van der Waals surface area contributed by atoms with E-state index >= 15 is 0 Å². The molecule has 5 nitrogen and oxygen atoms in total. The second-order valence-electron chi connectivity index (χ2n) is 12.0. The van der Waals surface area contributed by atoms with Crippen molar-refractivity contribution >= 4 is 11.9 Å². The highest BCUT2D eigenvalue weighted by Gasteiger charge is 2.16. The number of carbonyl (C=O) groups is 2. The largest absolute Gasteiger partial charge is 0.462 e. The highest BCUT2D eigenvalue weighted by Crippen LogP contribution is 2.14. The number of hydrogen-bond acceptors (Lipinski definition) is 5. The zero-order chi connectivity index (χ0) is 30.8. The van der Waals surface area contributed by atoms with Crippen molar-refractivity contribution in [1.29, 1.82) is 0 Å². The second kappa shape index (κ2) is 33.9. The maximum absolute atomic E-state index is 12.1. The summed E-state index contributed by atoms with van der Waals surface area (Å²) in [5, 5.41) is 9.51. The van der Waals surface area contributed by atoms with Gasteiger partial charge < -0.3 is 14.6 Å². The van der Waals surface area contributed by atoms with Gasteiger partial charge in [0.25, 0.3) is 0 Å². The molecule has 0 saturated heterocycles. The van der Waals surface area contributed by atoms with Crippen molar-refractivity contribution in [3.8, 4) is 0 Å². The number of esters is 2. The number of unbranched alkanes of at least 4 members (excludes halogenated alkanes) is 20. The van der Waals surface area contributed by atoms with E-state index in [1.54, 1.807) is 0 Å². The smallest absolute Gasteiger partial charge is 0.306 e. The molecule has 0 fully saturated rings. The van der Waals surface area contributed by atoms with Crippen molar-refractivity contribution in [2.45, 2.75) is 187 Å². The Kier molecular flexibility index (Phi) is 32.6. The molecule has 0 unspecified atom stereocenters. The topological polar surface area (TPSA) is 72.8 Å². The van der Waals surface area contributed by atoms with E-state index in [4.69, 9.17) is 9.47 Å². The minimum atomic E-state index is -0.770. The second-order valence-corrected chi connectivity index (χ2v) is 12.0. The molecule has 0 radical (unpaired) electrons. The van der Waals surface area contributed by atoms with Gasteiger partial charge in [-0.3, -0.25) is 9.59 Å². The molecule has 246 valence electrons. The van der Waals surface area contributed by atoms with Crippen LogP contribution in [-0.2, 0) is 19.1 Å². The molecule has 0 saturated carbocycles. The molecule has 42 heavy (non-hydrogen) atoms. The molecule has 0 heterocycles. The van der Waals surface area contributed by atoms with E-state index in [2.05, 4.69) is 38.2 Å². The molecule has 0 amide bonds. The summed E-state index contributed by atoms with van der Waals surface area (Å²) in [6.07, 6.45) is 38.0. The van der Waals surface area contributed by atoms with Crippen molar-refractivity contribution in [1.82, 2.24) is 0 Å². The highest BCUT2D eigenvalue weighted by molar-refractivity contribution is 5.70. The lowest BCUT2D eigenvalue weighted by Gasteiger charge is -2.15. The van der Waals surface area contributed by atoms with Gasteiger partial charge in [0, 0.05) is 12.8 Å². The van der Waals surface area contributed by atoms with Crippen LogP contribution in [-0.4, -0.2) is 36.4 Å². The number of allylic oxidation sites excluding steroid dienone is 4. The van der Waals surface area contributed by atoms with Crippen LogP contribution in [0, 0.1) is 0 Å². The summed E-state index contributed by atoms with van der Waals surface area (Å²) < 4.78 is 10.6. The number of carbonyl (C=O) groups excluding carboxylic acids is 2. The molecular formula is C37H68O5. The Balaban J connectivity index is 3.58. The fourth-order valence-corrected chi connectivity index (χ4v) is 4.99. The van der Waals surface area contributed by atoms with E-state index in [9.17, 15) is 14.7 Å². The summed E-state index contributed by atoms with van der Waals surface area (Å²) in [5.74, 6) is -0.603. The number of ether oxygens (including phenoxy) is 2. The maximum Gasteiger partial charge on any atom is 0.306 e. The van der Waals surface area contributed by atoms with Crippen LogP contribution in [0.4, 0.5) is 0 Å². The van der Waals surface area contributed by atoms with Crippen LogP contribution in [0.25, 0.3) is 0 Å². The first kappa shape index (κ1) is 40.4. The predicted molar refractivity (Wildman–Crippen MR) is 178 cm³/mol. The monoisotopic (exact) mass is 593 g/mol. The quantitative estimate of drug-likeness (QED) is 0.0478. The number of rotatable bonds is 32. The van der Waals surface area contributed by atoms with Gasteiger partial charge in [-0.2, -0.15) is 0 Å². The first-order chi connectivity index (χ1) is 20.6. The summed E-state index contributed by atoms with van der Waals surface area (Å²) in [5.41, 5.74) is 0. The average Bonchev–Trinajstić information content (AvgIpc) is 2.99. The van der Waals surface area contributed by atoms with Crippen LogP contribution in [0.1, 0.15) is 181 Å². The molecule has 0 aliphatic heterocycles. The van der Waals surface area contributed by atoms with Crippen molar-refractivity contribution in [3.05, 3.63) is 24.3 Å². The Morgan fingerprint density at radius 2 is 0.952 bits per heavy atom. The molecule has 0 spiro atoms. The van der Waals surface area contributed by atoms with Gasteiger partial charge in [-0.15, -0.1) is 0 Å². The minimum Gasteiger partial charge on any atom is -0.462 e. The molecular weight excluding hydrogens is 524 g/mol. The zero-order valence-corrected chi connectivity index (χ0v) is 27.8. The Labute approximate surface area is 260 Å². The molecule has 1 N–H and O–H groups in total. The van der Waals surface area contributed by atoms with E-state index in [1.807, 2.05) is 0 Å². The Morgan fingerprint density at radius 1 is 0.548 bits per heavy atom. The van der Waals surface area contributed by atoms with E-state index in [1.165, 1.54) is 103 Å². The van der Waals surface area contributed by atoms with Crippen molar-refractivity contribution in [2.75, 3.05) is 13.2 Å². The number of aliphatic hydroxyl groups is 1. The van der Waals surface area contributed by atoms with E-state index in [-0.39, 0.29) is 25.2 Å². The lowest BCUT2D eigenvalue weighted by Crippen LogP contribution is -2.28. The van der Waals surface area contributed by atoms with Crippen LogP contribution in [0.2, 0.25) is 0 Å². The summed E-state index contributed by atoms with van der Waals surface area (Å²) in [7, 11) is 0. The summed E-state index contributed by atoms with van der Waals surface area (Å²) in [6.45, 7) is 4.09. The van der Waals surface area contributed by atoms with Gasteiger partial charge >= 0.3 is 11.9 Å². The molecule has 0 aliphatic rings. The third-order valence-corrected chi connectivity index (χ3v) is 7.75. The predicted octanol–water partition coefficient (Wildman–Crippen LogP) is 10.7. The average molecular weight is 593 g/mol. The maximum atomic E-state index is 12.1. The molecule has 0 aromatic rings. The molecule has 0 rings (SSSR count). The number of aliphatic hydroxyl groups excluding tert-OH is 1. The van der Waals surface area contributed by atoms with Gasteiger partial charge in [-0.05, 0) is 44.9 Å². The minimum absolute atomic E-state index is 0.0695. The third-order valence-electron chi connectivity index (χ3n) is 7.75. The van der Waals surface area contributed by atoms with Crippen LogP contribution in [0.3, 0.4) is 0 Å². The molecule has 0 aromatic carbocycles. The van der Waals surface area contributed by atoms with Crippen molar-refractivity contribution in [2.24, 2.45) is 0 Å². The van der Waals surface area contributed by atoms with Crippen LogP contribution < -0.4 is 0 Å². The Morgan fingerprint density at radius 3 is 1.45 bits per heavy atom. The van der Waals surface area contributed by atoms with Crippen molar-refractivity contribution in [3.63, 3.8) is 0 Å². The zero-order valence-electron chi connectivity index (χ0n) is 27.8. The van der Waals surface area contributed by atoms with Gasteiger partial charge in [0.05, 0.1) is 6.61 Å². The highest BCUT2D eigenvalue weighted by atomic mass is 16.6. The first-order valence-electron chi connectivity index (χ1n) is 17.9. The SMILES string of the molecule is CCCCC/C=C\C/C=C\CCCCCCCC(=O)OC[C@H](CO)OC(=O)CCCCCCCCCCCCCCC. The lowest BCUT2D eigenvalue weighted by molar-refractivity contribution is -0.161. The van der Waals surface area contributed by atoms with E-state index in [0.717, 1.165) is 51.4 Å². The van der Waals surface area contributed by atoms with Crippen molar-refractivity contribution < 1.29 is 24.2 Å². The van der Waals surface area contributed by atoms with Crippen LogP contribution in [0.5, 0.6) is 0 Å². The fourth-order valence-electron chi connectivity index (χ4n) is 4.99.